The third-order valence-electron chi connectivity index (χ3n) is 5.44. The fourth-order valence-corrected chi connectivity index (χ4v) is 3.65. The Morgan fingerprint density at radius 1 is 1.27 bits per heavy atom. The van der Waals surface area contributed by atoms with E-state index in [0.29, 0.717) is 12.4 Å². The van der Waals surface area contributed by atoms with Gasteiger partial charge in [-0.1, -0.05) is 24.2 Å². The van der Waals surface area contributed by atoms with Gasteiger partial charge in [-0.2, -0.15) is 4.98 Å². The van der Waals surface area contributed by atoms with Crippen molar-refractivity contribution in [3.8, 4) is 11.5 Å². The molecule has 1 fully saturated rings. The average molecular weight is 414 g/mol. The number of hydrogen-bond donors (Lipinski definition) is 1. The van der Waals surface area contributed by atoms with E-state index in [0.717, 1.165) is 68.0 Å². The zero-order valence-corrected chi connectivity index (χ0v) is 18.6. The van der Waals surface area contributed by atoms with E-state index >= 15 is 0 Å². The number of guanidine groups is 1. The molecule has 3 rings (SSSR count). The first-order chi connectivity index (χ1) is 14.7. The molecular weight excluding hydrogens is 378 g/mol. The van der Waals surface area contributed by atoms with Crippen molar-refractivity contribution in [3.63, 3.8) is 0 Å². The van der Waals surface area contributed by atoms with Crippen LogP contribution in [0.5, 0.6) is 0 Å². The first kappa shape index (κ1) is 22.3. The lowest BCUT2D eigenvalue weighted by molar-refractivity contribution is 0.0625. The second-order valence-corrected chi connectivity index (χ2v) is 7.90. The lowest BCUT2D eigenvalue weighted by Crippen LogP contribution is -2.40. The minimum Gasteiger partial charge on any atom is -0.381 e. The molecule has 2 aromatic rings. The SMILES string of the molecule is CCCc1noc(-c2cccc(CN=C(NCC)N(C)CCC3CCOCC3)c2)n1. The highest BCUT2D eigenvalue weighted by Gasteiger charge is 2.15. The van der Waals surface area contributed by atoms with Crippen LogP contribution >= 0.6 is 0 Å². The molecule has 1 aliphatic heterocycles. The number of rotatable bonds is 9. The van der Waals surface area contributed by atoms with Crippen molar-refractivity contribution in [1.82, 2.24) is 20.4 Å². The van der Waals surface area contributed by atoms with Crippen molar-refractivity contribution in [2.24, 2.45) is 10.9 Å². The van der Waals surface area contributed by atoms with Crippen LogP contribution in [0.15, 0.2) is 33.8 Å². The van der Waals surface area contributed by atoms with Gasteiger partial charge in [0.25, 0.3) is 5.89 Å². The summed E-state index contributed by atoms with van der Waals surface area (Å²) in [5, 5.41) is 7.47. The van der Waals surface area contributed by atoms with Crippen molar-refractivity contribution in [1.29, 1.82) is 0 Å². The van der Waals surface area contributed by atoms with Crippen LogP contribution in [-0.2, 0) is 17.7 Å². The van der Waals surface area contributed by atoms with Crippen molar-refractivity contribution < 1.29 is 9.26 Å². The largest absolute Gasteiger partial charge is 0.381 e. The maximum Gasteiger partial charge on any atom is 0.257 e. The molecule has 30 heavy (non-hydrogen) atoms. The van der Waals surface area contributed by atoms with E-state index in [-0.39, 0.29) is 0 Å². The van der Waals surface area contributed by atoms with Gasteiger partial charge in [-0.25, -0.2) is 4.99 Å². The van der Waals surface area contributed by atoms with E-state index < -0.39 is 0 Å². The lowest BCUT2D eigenvalue weighted by atomic mass is 9.96. The summed E-state index contributed by atoms with van der Waals surface area (Å²) in [6.45, 7) is 8.47. The first-order valence-corrected chi connectivity index (χ1v) is 11.2. The van der Waals surface area contributed by atoms with E-state index in [1.807, 2.05) is 12.1 Å². The topological polar surface area (TPSA) is 75.8 Å². The van der Waals surface area contributed by atoms with Crippen LogP contribution < -0.4 is 5.32 Å². The van der Waals surface area contributed by atoms with Crippen LogP contribution in [0.2, 0.25) is 0 Å². The minimum atomic E-state index is 0.574. The highest BCUT2D eigenvalue weighted by atomic mass is 16.5. The number of nitrogens with one attached hydrogen (secondary N) is 1. The Morgan fingerprint density at radius 3 is 2.87 bits per heavy atom. The summed E-state index contributed by atoms with van der Waals surface area (Å²) in [5.41, 5.74) is 2.06. The molecule has 1 N–H and O–H groups in total. The maximum absolute atomic E-state index is 5.47. The molecule has 0 unspecified atom stereocenters. The van der Waals surface area contributed by atoms with Gasteiger partial charge in [-0.05, 0) is 56.2 Å². The number of hydrogen-bond acceptors (Lipinski definition) is 5. The number of aryl methyl sites for hydroxylation is 1. The summed E-state index contributed by atoms with van der Waals surface area (Å²) in [6.07, 6.45) is 5.35. The van der Waals surface area contributed by atoms with Crippen LogP contribution in [0, 0.1) is 5.92 Å². The first-order valence-electron chi connectivity index (χ1n) is 11.2. The van der Waals surface area contributed by atoms with Gasteiger partial charge < -0.3 is 19.5 Å². The molecule has 2 heterocycles. The Bertz CT molecular complexity index is 798. The Hall–Kier alpha value is -2.41. The third kappa shape index (κ3) is 6.55. The Morgan fingerprint density at radius 2 is 2.10 bits per heavy atom. The van der Waals surface area contributed by atoms with E-state index in [1.165, 1.54) is 19.3 Å². The number of nitrogens with zero attached hydrogens (tertiary/aromatic N) is 4. The molecule has 0 spiro atoms. The zero-order chi connectivity index (χ0) is 21.2. The van der Waals surface area contributed by atoms with Gasteiger partial charge in [0, 0.05) is 45.3 Å². The van der Waals surface area contributed by atoms with E-state index in [9.17, 15) is 0 Å². The van der Waals surface area contributed by atoms with E-state index in [4.69, 9.17) is 14.3 Å². The zero-order valence-electron chi connectivity index (χ0n) is 18.6. The van der Waals surface area contributed by atoms with Gasteiger partial charge in [0.2, 0.25) is 0 Å². The van der Waals surface area contributed by atoms with Crippen LogP contribution in [0.3, 0.4) is 0 Å². The smallest absolute Gasteiger partial charge is 0.257 e. The Kier molecular flexibility index (Phi) is 8.68. The summed E-state index contributed by atoms with van der Waals surface area (Å²) in [6, 6.07) is 8.19. The fraction of sp³-hybridized carbons (Fsp3) is 0.609. The highest BCUT2D eigenvalue weighted by Crippen LogP contribution is 2.20. The normalized spacial score (nSPS) is 15.4. The van der Waals surface area contributed by atoms with Gasteiger partial charge in [-0.3, -0.25) is 0 Å². The van der Waals surface area contributed by atoms with Gasteiger partial charge >= 0.3 is 0 Å². The summed E-state index contributed by atoms with van der Waals surface area (Å²) < 4.78 is 10.9. The minimum absolute atomic E-state index is 0.574. The summed E-state index contributed by atoms with van der Waals surface area (Å²) in [4.78, 5) is 11.6. The third-order valence-corrected chi connectivity index (χ3v) is 5.44. The van der Waals surface area contributed by atoms with Gasteiger partial charge in [0.1, 0.15) is 0 Å². The molecule has 164 valence electrons. The monoisotopic (exact) mass is 413 g/mol. The second-order valence-electron chi connectivity index (χ2n) is 7.90. The number of benzene rings is 1. The van der Waals surface area contributed by atoms with E-state index in [1.54, 1.807) is 0 Å². The maximum atomic E-state index is 5.47. The van der Waals surface area contributed by atoms with Crippen LogP contribution in [0.25, 0.3) is 11.5 Å². The molecule has 0 saturated carbocycles. The molecule has 7 heteroatoms. The number of aliphatic imine (C=N–C) groups is 1. The average Bonchev–Trinajstić information content (AvgIpc) is 3.25. The Labute approximate surface area is 179 Å². The predicted octanol–water partition coefficient (Wildman–Crippen LogP) is 3.90. The highest BCUT2D eigenvalue weighted by molar-refractivity contribution is 5.79. The molecule has 0 radical (unpaired) electrons. The quantitative estimate of drug-likeness (QED) is 0.496. The van der Waals surface area contributed by atoms with Crippen molar-refractivity contribution >= 4 is 5.96 Å². The summed E-state index contributed by atoms with van der Waals surface area (Å²) >= 11 is 0. The van der Waals surface area contributed by atoms with Gasteiger partial charge in [-0.15, -0.1) is 0 Å². The van der Waals surface area contributed by atoms with Crippen molar-refractivity contribution in [2.75, 3.05) is 33.4 Å². The van der Waals surface area contributed by atoms with Crippen molar-refractivity contribution in [3.05, 3.63) is 35.7 Å². The standard InChI is InChI=1S/C23H35N5O2/c1-4-7-21-26-22(30-27-21)20-9-6-8-19(16-20)17-25-23(24-5-2)28(3)13-10-18-11-14-29-15-12-18/h6,8-9,16,18H,4-5,7,10-15,17H2,1-3H3,(H,24,25). The van der Waals surface area contributed by atoms with Crippen LogP contribution in [0.1, 0.15) is 50.9 Å². The summed E-state index contributed by atoms with van der Waals surface area (Å²) in [5.74, 6) is 3.03. The molecule has 1 saturated heterocycles. The molecule has 0 amide bonds. The number of ether oxygens (including phenoxy) is 1. The lowest BCUT2D eigenvalue weighted by Gasteiger charge is -2.26. The molecule has 0 bridgehead atoms. The second kappa shape index (κ2) is 11.7. The fourth-order valence-electron chi connectivity index (χ4n) is 3.65. The summed E-state index contributed by atoms with van der Waals surface area (Å²) in [7, 11) is 2.12. The van der Waals surface area contributed by atoms with Crippen LogP contribution in [0.4, 0.5) is 0 Å². The van der Waals surface area contributed by atoms with Gasteiger partial charge in [0.15, 0.2) is 11.8 Å². The van der Waals surface area contributed by atoms with Crippen LogP contribution in [-0.4, -0.2) is 54.4 Å². The number of aromatic nitrogens is 2. The molecule has 0 atom stereocenters. The molecule has 1 aromatic heterocycles. The van der Waals surface area contributed by atoms with Crippen molar-refractivity contribution in [2.45, 2.75) is 52.5 Å². The molecule has 1 aromatic carbocycles. The molecule has 1 aliphatic rings. The molecule has 7 nitrogen and oxygen atoms in total. The molecule has 0 aliphatic carbocycles. The molecular formula is C23H35N5O2. The van der Waals surface area contributed by atoms with Gasteiger partial charge in [0.05, 0.1) is 6.54 Å². The Balaban J connectivity index is 1.61. The van der Waals surface area contributed by atoms with E-state index in [2.05, 4.69) is 53.4 Å². The predicted molar refractivity (Wildman–Crippen MR) is 119 cm³/mol.